The first-order chi connectivity index (χ1) is 11.3. The summed E-state index contributed by atoms with van der Waals surface area (Å²) in [5.41, 5.74) is 0.950. The fraction of sp³-hybridized carbons (Fsp3) is 0.529. The Hall–Kier alpha value is -1.79. The molecule has 1 fully saturated rings. The molecule has 132 valence electrons. The van der Waals surface area contributed by atoms with Gasteiger partial charge in [0.25, 0.3) is 5.91 Å². The SMILES string of the molecule is CN(C)C(=O)c1cc(NC(=O)N2CCCC(N(C)C)C2)ccc1Cl. The second-order valence-electron chi connectivity index (χ2n) is 6.53. The van der Waals surface area contributed by atoms with Crippen LogP contribution in [-0.2, 0) is 0 Å². The minimum absolute atomic E-state index is 0.146. The number of nitrogens with one attached hydrogen (secondary N) is 1. The van der Waals surface area contributed by atoms with E-state index in [4.69, 9.17) is 11.6 Å². The molecule has 24 heavy (non-hydrogen) atoms. The number of likely N-dealkylation sites (N-methyl/N-ethyl adjacent to an activating group) is 1. The quantitative estimate of drug-likeness (QED) is 0.909. The van der Waals surface area contributed by atoms with Gasteiger partial charge in [0, 0.05) is 38.9 Å². The number of carbonyl (C=O) groups is 2. The minimum Gasteiger partial charge on any atom is -0.345 e. The van der Waals surface area contributed by atoms with Gasteiger partial charge in [-0.25, -0.2) is 4.79 Å². The molecule has 1 saturated heterocycles. The zero-order valence-corrected chi connectivity index (χ0v) is 15.4. The standard InChI is InChI=1S/C17H25ClN4O2/c1-20(2)13-6-5-9-22(11-13)17(24)19-12-7-8-15(18)14(10-12)16(23)21(3)4/h7-8,10,13H,5-6,9,11H2,1-4H3,(H,19,24). The van der Waals surface area contributed by atoms with E-state index in [9.17, 15) is 9.59 Å². The number of urea groups is 1. The van der Waals surface area contributed by atoms with Crippen molar-refractivity contribution in [3.05, 3.63) is 28.8 Å². The third-order valence-corrected chi connectivity index (χ3v) is 4.60. The van der Waals surface area contributed by atoms with Gasteiger partial charge in [-0.1, -0.05) is 11.6 Å². The second kappa shape index (κ2) is 7.85. The molecule has 3 amide bonds. The molecular weight excluding hydrogens is 328 g/mol. The molecular formula is C17H25ClN4O2. The van der Waals surface area contributed by atoms with Crippen molar-refractivity contribution in [2.24, 2.45) is 0 Å². The Labute approximate surface area is 148 Å². The van der Waals surface area contributed by atoms with Crippen LogP contribution in [0.15, 0.2) is 18.2 Å². The highest BCUT2D eigenvalue weighted by Gasteiger charge is 2.25. The number of amides is 3. The number of benzene rings is 1. The third-order valence-electron chi connectivity index (χ3n) is 4.27. The molecule has 1 heterocycles. The molecule has 0 bridgehead atoms. The molecule has 1 atom stereocenters. The summed E-state index contributed by atoms with van der Waals surface area (Å²) in [7, 11) is 7.40. The van der Waals surface area contributed by atoms with Gasteiger partial charge in [0.2, 0.25) is 0 Å². The van der Waals surface area contributed by atoms with Crippen molar-refractivity contribution in [2.75, 3.05) is 46.6 Å². The summed E-state index contributed by atoms with van der Waals surface area (Å²) in [4.78, 5) is 30.1. The monoisotopic (exact) mass is 352 g/mol. The number of carbonyl (C=O) groups excluding carboxylic acids is 2. The fourth-order valence-corrected chi connectivity index (χ4v) is 2.97. The Morgan fingerprint density at radius 3 is 2.58 bits per heavy atom. The summed E-state index contributed by atoms with van der Waals surface area (Å²) in [6, 6.07) is 5.19. The lowest BCUT2D eigenvalue weighted by atomic mass is 10.1. The van der Waals surface area contributed by atoms with Crippen molar-refractivity contribution < 1.29 is 9.59 Å². The van der Waals surface area contributed by atoms with E-state index in [1.165, 1.54) is 4.90 Å². The van der Waals surface area contributed by atoms with Crippen LogP contribution >= 0.6 is 11.6 Å². The molecule has 1 aromatic carbocycles. The highest BCUT2D eigenvalue weighted by atomic mass is 35.5. The van der Waals surface area contributed by atoms with E-state index in [-0.39, 0.29) is 11.9 Å². The van der Waals surface area contributed by atoms with Crippen LogP contribution < -0.4 is 5.32 Å². The van der Waals surface area contributed by atoms with Gasteiger partial charge in [-0.05, 0) is 45.1 Å². The van der Waals surface area contributed by atoms with Crippen molar-refractivity contribution >= 4 is 29.2 Å². The van der Waals surface area contributed by atoms with Crippen molar-refractivity contribution in [2.45, 2.75) is 18.9 Å². The zero-order valence-electron chi connectivity index (χ0n) is 14.7. The molecule has 0 radical (unpaired) electrons. The predicted octanol–water partition coefficient (Wildman–Crippen LogP) is 2.60. The molecule has 0 aliphatic carbocycles. The molecule has 0 saturated carbocycles. The van der Waals surface area contributed by atoms with E-state index < -0.39 is 0 Å². The highest BCUT2D eigenvalue weighted by molar-refractivity contribution is 6.34. The number of hydrogen-bond acceptors (Lipinski definition) is 3. The molecule has 1 unspecified atom stereocenters. The van der Waals surface area contributed by atoms with Crippen LogP contribution in [0.3, 0.4) is 0 Å². The molecule has 0 spiro atoms. The van der Waals surface area contributed by atoms with Gasteiger partial charge in [-0.15, -0.1) is 0 Å². The summed E-state index contributed by atoms with van der Waals surface area (Å²) in [6.07, 6.45) is 2.08. The Kier molecular flexibility index (Phi) is 6.07. The Bertz CT molecular complexity index is 619. The first-order valence-electron chi connectivity index (χ1n) is 8.03. The number of halogens is 1. The van der Waals surface area contributed by atoms with Gasteiger partial charge in [0.15, 0.2) is 0 Å². The van der Waals surface area contributed by atoms with Crippen LogP contribution in [0.2, 0.25) is 5.02 Å². The van der Waals surface area contributed by atoms with Gasteiger partial charge in [-0.2, -0.15) is 0 Å². The maximum atomic E-state index is 12.5. The van der Waals surface area contributed by atoms with Crippen molar-refractivity contribution in [3.8, 4) is 0 Å². The number of likely N-dealkylation sites (tertiary alicyclic amines) is 1. The number of hydrogen-bond donors (Lipinski definition) is 1. The smallest absolute Gasteiger partial charge is 0.321 e. The van der Waals surface area contributed by atoms with Gasteiger partial charge >= 0.3 is 6.03 Å². The first kappa shape index (κ1) is 18.5. The summed E-state index contributed by atoms with van der Waals surface area (Å²) in [6.45, 7) is 1.45. The van der Waals surface area contributed by atoms with E-state index in [0.29, 0.717) is 28.9 Å². The first-order valence-corrected chi connectivity index (χ1v) is 8.41. The van der Waals surface area contributed by atoms with Crippen LogP contribution in [0, 0.1) is 0 Å². The van der Waals surface area contributed by atoms with Gasteiger partial charge in [0.1, 0.15) is 0 Å². The molecule has 6 nitrogen and oxygen atoms in total. The molecule has 0 aromatic heterocycles. The minimum atomic E-state index is -0.193. The third kappa shape index (κ3) is 4.39. The highest BCUT2D eigenvalue weighted by Crippen LogP contribution is 2.22. The maximum Gasteiger partial charge on any atom is 0.321 e. The van der Waals surface area contributed by atoms with Crippen LogP contribution in [-0.4, -0.2) is 74.0 Å². The second-order valence-corrected chi connectivity index (χ2v) is 6.94. The van der Waals surface area contributed by atoms with Gasteiger partial charge in [-0.3, -0.25) is 4.79 Å². The van der Waals surface area contributed by atoms with E-state index in [0.717, 1.165) is 19.4 Å². The van der Waals surface area contributed by atoms with E-state index in [2.05, 4.69) is 10.2 Å². The molecule has 7 heteroatoms. The molecule has 1 N–H and O–H groups in total. The Morgan fingerprint density at radius 1 is 1.25 bits per heavy atom. The summed E-state index contributed by atoms with van der Waals surface area (Å²) >= 11 is 6.10. The number of piperidine rings is 1. The molecule has 1 aliphatic heterocycles. The molecule has 1 aromatic rings. The number of rotatable bonds is 3. The van der Waals surface area contributed by atoms with Gasteiger partial charge in [0.05, 0.1) is 10.6 Å². The molecule has 2 rings (SSSR count). The normalized spacial score (nSPS) is 17.8. The lowest BCUT2D eigenvalue weighted by Gasteiger charge is -2.36. The van der Waals surface area contributed by atoms with Crippen LogP contribution in [0.1, 0.15) is 23.2 Å². The van der Waals surface area contributed by atoms with E-state index in [1.807, 2.05) is 19.0 Å². The summed E-state index contributed by atoms with van der Waals surface area (Å²) in [5.74, 6) is -0.193. The number of nitrogens with zero attached hydrogens (tertiary/aromatic N) is 3. The summed E-state index contributed by atoms with van der Waals surface area (Å²) < 4.78 is 0. The van der Waals surface area contributed by atoms with Crippen molar-refractivity contribution in [3.63, 3.8) is 0 Å². The predicted molar refractivity (Wildman–Crippen MR) is 96.8 cm³/mol. The van der Waals surface area contributed by atoms with Crippen molar-refractivity contribution in [1.29, 1.82) is 0 Å². The largest absolute Gasteiger partial charge is 0.345 e. The maximum absolute atomic E-state index is 12.5. The fourth-order valence-electron chi connectivity index (χ4n) is 2.77. The average molecular weight is 353 g/mol. The molecule has 1 aliphatic rings. The topological polar surface area (TPSA) is 55.9 Å². The summed E-state index contributed by atoms with van der Waals surface area (Å²) in [5, 5.41) is 3.24. The van der Waals surface area contributed by atoms with Crippen LogP contribution in [0.4, 0.5) is 10.5 Å². The van der Waals surface area contributed by atoms with E-state index >= 15 is 0 Å². The van der Waals surface area contributed by atoms with E-state index in [1.54, 1.807) is 32.3 Å². The van der Waals surface area contributed by atoms with Gasteiger partial charge < -0.3 is 20.0 Å². The van der Waals surface area contributed by atoms with Crippen LogP contribution in [0.5, 0.6) is 0 Å². The lowest BCUT2D eigenvalue weighted by molar-refractivity contribution is 0.0827. The number of anilines is 1. The lowest BCUT2D eigenvalue weighted by Crippen LogP contribution is -2.48. The Morgan fingerprint density at radius 2 is 1.96 bits per heavy atom. The zero-order chi connectivity index (χ0) is 17.9. The average Bonchev–Trinajstić information content (AvgIpc) is 2.55. The van der Waals surface area contributed by atoms with Crippen molar-refractivity contribution in [1.82, 2.24) is 14.7 Å². The Balaban J connectivity index is 2.09. The van der Waals surface area contributed by atoms with Crippen LogP contribution in [0.25, 0.3) is 0 Å².